The zero-order chi connectivity index (χ0) is 37.8. The molecule has 0 saturated carbocycles. The summed E-state index contributed by atoms with van der Waals surface area (Å²) in [6.07, 6.45) is 0.793. The summed E-state index contributed by atoms with van der Waals surface area (Å²) in [6.45, 7) is 23.9. The Morgan fingerprint density at radius 2 is 1.18 bits per heavy atom. The van der Waals surface area contributed by atoms with E-state index in [4.69, 9.17) is 13.6 Å². The van der Waals surface area contributed by atoms with Crippen molar-refractivity contribution in [2.75, 3.05) is 59.5 Å². The molecule has 5 amide bonds. The molecule has 0 rings (SSSR count). The average molecular weight is 745 g/mol. The Hall–Kier alpha value is -3.33. The summed E-state index contributed by atoms with van der Waals surface area (Å²) in [4.78, 5) is 72.3. The number of hydrogen-bond acceptors (Lipinski definition) is 10. The van der Waals surface area contributed by atoms with Crippen molar-refractivity contribution in [1.29, 1.82) is 0 Å². The van der Waals surface area contributed by atoms with E-state index < -0.39 is 48.7 Å². The monoisotopic (exact) mass is 744 g/mol. The minimum atomic E-state index is -2.56. The molecule has 0 radical (unpaired) electrons. The SMILES string of the molecule is C=C(C)C(=O)OCCNC(=O)NCC(=O)NCCC[Si](C)(C)C[Si](C)(C)O[Si](C)(C)C(CNC)C(=O)CNC(=O)NCCOC(=O)C(=C)C. The van der Waals surface area contributed by atoms with Crippen LogP contribution in [0.4, 0.5) is 9.59 Å². The number of carbonyl (C=O) groups is 6. The maximum Gasteiger partial charge on any atom is 0.333 e. The molecule has 0 aromatic carbocycles. The maximum atomic E-state index is 13.3. The van der Waals surface area contributed by atoms with Crippen LogP contribution in [0.15, 0.2) is 24.3 Å². The zero-order valence-electron chi connectivity index (χ0n) is 30.9. The molecule has 15 nitrogen and oxygen atoms in total. The van der Waals surface area contributed by atoms with Crippen LogP contribution in [-0.4, -0.2) is 120 Å². The van der Waals surface area contributed by atoms with Crippen molar-refractivity contribution in [3.05, 3.63) is 24.3 Å². The molecule has 0 aliphatic rings. The summed E-state index contributed by atoms with van der Waals surface area (Å²) in [5, 5.41) is 16.1. The topological polar surface area (TPSA) is 202 Å². The van der Waals surface area contributed by atoms with Gasteiger partial charge in [-0.05, 0) is 59.2 Å². The summed E-state index contributed by atoms with van der Waals surface area (Å²) in [5.41, 5.74) is 1.14. The number of esters is 2. The lowest BCUT2D eigenvalue weighted by atomic mass is 10.2. The van der Waals surface area contributed by atoms with E-state index in [0.29, 0.717) is 13.1 Å². The summed E-state index contributed by atoms with van der Waals surface area (Å²) in [5.74, 6) is -1.47. The Kier molecular flexibility index (Phi) is 20.9. The predicted molar refractivity (Wildman–Crippen MR) is 198 cm³/mol. The van der Waals surface area contributed by atoms with E-state index in [2.05, 4.69) is 84.3 Å². The molecular weight excluding hydrogens is 685 g/mol. The van der Waals surface area contributed by atoms with Gasteiger partial charge in [-0.25, -0.2) is 19.2 Å². The second-order valence-corrected chi connectivity index (χ2v) is 28.4. The van der Waals surface area contributed by atoms with Gasteiger partial charge in [-0.15, -0.1) is 0 Å². The van der Waals surface area contributed by atoms with Crippen molar-refractivity contribution in [2.24, 2.45) is 0 Å². The Balaban J connectivity index is 4.72. The zero-order valence-corrected chi connectivity index (χ0v) is 33.9. The molecule has 0 aliphatic heterocycles. The van der Waals surface area contributed by atoms with Gasteiger partial charge in [0, 0.05) is 32.3 Å². The van der Waals surface area contributed by atoms with Gasteiger partial charge in [0.05, 0.1) is 31.7 Å². The van der Waals surface area contributed by atoms with Crippen LogP contribution in [0, 0.1) is 0 Å². The average Bonchev–Trinajstić information content (AvgIpc) is 2.98. The molecule has 0 bridgehead atoms. The van der Waals surface area contributed by atoms with Crippen molar-refractivity contribution < 1.29 is 42.4 Å². The fraction of sp³-hybridized carbons (Fsp3) is 0.677. The quantitative estimate of drug-likeness (QED) is 0.0368. The molecule has 49 heavy (non-hydrogen) atoms. The molecule has 0 spiro atoms. The van der Waals surface area contributed by atoms with Crippen LogP contribution in [0.5, 0.6) is 0 Å². The molecule has 0 aromatic rings. The van der Waals surface area contributed by atoms with E-state index in [9.17, 15) is 28.8 Å². The third-order valence-electron chi connectivity index (χ3n) is 7.20. The first-order chi connectivity index (χ1) is 22.6. The van der Waals surface area contributed by atoms with E-state index in [1.807, 2.05) is 0 Å². The van der Waals surface area contributed by atoms with E-state index in [1.165, 1.54) is 13.8 Å². The first-order valence-electron chi connectivity index (χ1n) is 16.5. The van der Waals surface area contributed by atoms with E-state index >= 15 is 0 Å². The highest BCUT2D eigenvalue weighted by Crippen LogP contribution is 2.32. The van der Waals surface area contributed by atoms with Crippen LogP contribution >= 0.6 is 0 Å². The molecule has 18 heteroatoms. The van der Waals surface area contributed by atoms with Crippen molar-refractivity contribution in [2.45, 2.75) is 76.8 Å². The third kappa shape index (κ3) is 21.4. The Bertz CT molecular complexity index is 1180. The van der Waals surface area contributed by atoms with Gasteiger partial charge in [0.2, 0.25) is 5.91 Å². The standard InChI is InChI=1S/C31H60N6O9Si3/c1-23(2)28(40)44-16-14-34-30(42)36-19-25(38)26(20-32-5)49(10,11)46-48(8,9)22-47(6,7)18-12-13-33-27(39)21-37-31(43)35-15-17-45-29(41)24(3)4/h26,32H,1,3,12-22H2,2,4-11H3,(H,33,39)(H2,34,36,42)(H2,35,37,43). The molecule has 1 atom stereocenters. The fourth-order valence-corrected chi connectivity index (χ4v) is 25.1. The van der Waals surface area contributed by atoms with Gasteiger partial charge in [-0.2, -0.15) is 0 Å². The molecule has 6 N–H and O–H groups in total. The smallest absolute Gasteiger partial charge is 0.333 e. The van der Waals surface area contributed by atoms with Crippen LogP contribution in [0.25, 0.3) is 0 Å². The molecule has 0 saturated heterocycles. The second kappa shape index (κ2) is 22.4. The molecule has 0 heterocycles. The lowest BCUT2D eigenvalue weighted by Crippen LogP contribution is -2.55. The van der Waals surface area contributed by atoms with Crippen molar-refractivity contribution in [3.63, 3.8) is 0 Å². The van der Waals surface area contributed by atoms with Gasteiger partial charge in [-0.1, -0.05) is 32.3 Å². The van der Waals surface area contributed by atoms with Crippen LogP contribution in [0.3, 0.4) is 0 Å². The lowest BCUT2D eigenvalue weighted by molar-refractivity contribution is -0.139. The number of carbonyl (C=O) groups excluding carboxylic acids is 6. The summed E-state index contributed by atoms with van der Waals surface area (Å²) < 4.78 is 16.7. The first-order valence-corrected chi connectivity index (χ1v) is 26.0. The predicted octanol–water partition coefficient (Wildman–Crippen LogP) is 2.16. The number of rotatable bonds is 24. The molecule has 0 aromatic heterocycles. The van der Waals surface area contributed by atoms with Gasteiger partial charge >= 0.3 is 24.0 Å². The summed E-state index contributed by atoms with van der Waals surface area (Å²) >= 11 is 0. The first kappa shape index (κ1) is 45.7. The summed E-state index contributed by atoms with van der Waals surface area (Å²) in [7, 11) is -4.72. The molecule has 0 fully saturated rings. The highest BCUT2D eigenvalue weighted by atomic mass is 28.4. The highest BCUT2D eigenvalue weighted by molar-refractivity contribution is 6.96. The maximum absolute atomic E-state index is 13.3. The van der Waals surface area contributed by atoms with Crippen molar-refractivity contribution in [3.8, 4) is 0 Å². The number of urea groups is 2. The summed E-state index contributed by atoms with van der Waals surface area (Å²) in [6, 6.07) is -0.0970. The highest BCUT2D eigenvalue weighted by Gasteiger charge is 2.44. The van der Waals surface area contributed by atoms with Gasteiger partial charge in [-0.3, -0.25) is 9.59 Å². The second-order valence-electron chi connectivity index (χ2n) is 13.9. The normalized spacial score (nSPS) is 12.2. The lowest BCUT2D eigenvalue weighted by Gasteiger charge is -2.41. The van der Waals surface area contributed by atoms with Crippen LogP contribution in [0.1, 0.15) is 20.3 Å². The number of amides is 5. The van der Waals surface area contributed by atoms with Crippen LogP contribution in [-0.2, 0) is 32.8 Å². The number of ketones is 1. The number of nitrogens with one attached hydrogen (secondary N) is 6. The van der Waals surface area contributed by atoms with Gasteiger partial charge in [0.1, 0.15) is 13.2 Å². The minimum Gasteiger partial charge on any atom is -0.460 e. The molecule has 1 unspecified atom stereocenters. The van der Waals surface area contributed by atoms with E-state index in [1.54, 1.807) is 7.05 Å². The number of hydrogen-bond donors (Lipinski definition) is 6. The molecular formula is C31H60N6O9Si3. The van der Waals surface area contributed by atoms with E-state index in [0.717, 1.165) is 18.1 Å². The van der Waals surface area contributed by atoms with E-state index in [-0.39, 0.29) is 67.8 Å². The van der Waals surface area contributed by atoms with Gasteiger partial charge in [0.25, 0.3) is 0 Å². The van der Waals surface area contributed by atoms with Gasteiger partial charge in [0.15, 0.2) is 22.4 Å². The number of ether oxygens (including phenoxy) is 2. The van der Waals surface area contributed by atoms with Gasteiger partial charge < -0.3 is 45.5 Å². The molecule has 0 aliphatic carbocycles. The Morgan fingerprint density at radius 1 is 0.694 bits per heavy atom. The van der Waals surface area contributed by atoms with Crippen LogP contribution in [0.2, 0.25) is 56.5 Å². The largest absolute Gasteiger partial charge is 0.460 e. The minimum absolute atomic E-state index is 0.00169. The van der Waals surface area contributed by atoms with Crippen molar-refractivity contribution in [1.82, 2.24) is 31.9 Å². The molecule has 280 valence electrons. The number of Topliss-reactive ketones (excluding diaryl/α,β-unsaturated/α-hetero) is 1. The van der Waals surface area contributed by atoms with Crippen molar-refractivity contribution >= 4 is 60.4 Å². The van der Waals surface area contributed by atoms with Crippen LogP contribution < -0.4 is 31.9 Å². The third-order valence-corrected chi connectivity index (χ3v) is 22.7. The Labute approximate surface area is 294 Å². The Morgan fingerprint density at radius 3 is 1.65 bits per heavy atom. The fourth-order valence-electron chi connectivity index (χ4n) is 5.31.